The summed E-state index contributed by atoms with van der Waals surface area (Å²) in [5, 5.41) is 2.69. The van der Waals surface area contributed by atoms with Crippen LogP contribution in [0.3, 0.4) is 0 Å². The average molecular weight is 202 g/mol. The van der Waals surface area contributed by atoms with Crippen molar-refractivity contribution in [2.24, 2.45) is 0 Å². The number of amides is 1. The van der Waals surface area contributed by atoms with Crippen LogP contribution in [-0.4, -0.2) is 11.9 Å². The van der Waals surface area contributed by atoms with E-state index in [1.807, 2.05) is 12.1 Å². The number of benzene rings is 1. The van der Waals surface area contributed by atoms with E-state index in [0.29, 0.717) is 12.1 Å². The molecular formula is C12H14N2O. The van der Waals surface area contributed by atoms with E-state index in [1.165, 1.54) is 0 Å². The average Bonchev–Trinajstić information content (AvgIpc) is 2.21. The third-order valence-electron chi connectivity index (χ3n) is 1.97. The van der Waals surface area contributed by atoms with Crippen molar-refractivity contribution >= 4 is 11.6 Å². The Hall–Kier alpha value is -1.95. The van der Waals surface area contributed by atoms with E-state index >= 15 is 0 Å². The maximum absolute atomic E-state index is 11.4. The number of rotatable bonds is 3. The molecule has 0 saturated carbocycles. The lowest BCUT2D eigenvalue weighted by atomic mass is 10.1. The molecule has 0 fully saturated rings. The van der Waals surface area contributed by atoms with Gasteiger partial charge in [-0.25, -0.2) is 0 Å². The third kappa shape index (κ3) is 3.74. The zero-order valence-electron chi connectivity index (χ0n) is 8.66. The number of nitrogens with two attached hydrogens (primary N) is 1. The van der Waals surface area contributed by atoms with Crippen LogP contribution in [0.2, 0.25) is 0 Å². The predicted octanol–water partition coefficient (Wildman–Crippen LogP) is 0.949. The topological polar surface area (TPSA) is 55.1 Å². The lowest BCUT2D eigenvalue weighted by molar-refractivity contribution is -0.120. The molecule has 3 heteroatoms. The fraction of sp³-hybridized carbons (Fsp3) is 0.250. The number of nitrogen functional groups attached to an aromatic ring is 1. The smallest absolute Gasteiger partial charge is 0.225 e. The van der Waals surface area contributed by atoms with E-state index in [-0.39, 0.29) is 11.9 Å². The quantitative estimate of drug-likeness (QED) is 0.566. The highest BCUT2D eigenvalue weighted by molar-refractivity contribution is 5.79. The Morgan fingerprint density at radius 1 is 1.53 bits per heavy atom. The lowest BCUT2D eigenvalue weighted by Crippen LogP contribution is -2.32. The molecule has 1 atom stereocenters. The normalized spacial score (nSPS) is 11.5. The number of nitrogens with one attached hydrogen (secondary N) is 1. The van der Waals surface area contributed by atoms with Crippen molar-refractivity contribution in [1.29, 1.82) is 0 Å². The number of carbonyl (C=O) groups excluding carboxylic acids is 1. The van der Waals surface area contributed by atoms with Gasteiger partial charge in [-0.2, -0.15) is 0 Å². The molecule has 0 radical (unpaired) electrons. The molecule has 3 N–H and O–H groups in total. The molecule has 0 spiro atoms. The van der Waals surface area contributed by atoms with E-state index in [4.69, 9.17) is 12.2 Å². The molecule has 0 heterocycles. The van der Waals surface area contributed by atoms with Crippen molar-refractivity contribution in [2.45, 2.75) is 19.4 Å². The van der Waals surface area contributed by atoms with E-state index in [1.54, 1.807) is 19.1 Å². The first-order chi connectivity index (χ1) is 7.11. The molecule has 15 heavy (non-hydrogen) atoms. The minimum Gasteiger partial charge on any atom is -0.399 e. The second-order valence-electron chi connectivity index (χ2n) is 3.37. The highest BCUT2D eigenvalue weighted by Crippen LogP contribution is 2.05. The maximum atomic E-state index is 11.4. The Labute approximate surface area is 89.7 Å². The summed E-state index contributed by atoms with van der Waals surface area (Å²) < 4.78 is 0. The van der Waals surface area contributed by atoms with Crippen molar-refractivity contribution in [3.8, 4) is 12.3 Å². The molecule has 0 bridgehead atoms. The number of anilines is 1. The zero-order chi connectivity index (χ0) is 11.3. The van der Waals surface area contributed by atoms with E-state index < -0.39 is 0 Å². The summed E-state index contributed by atoms with van der Waals surface area (Å²) in [7, 11) is 0. The van der Waals surface area contributed by atoms with Crippen LogP contribution in [0.1, 0.15) is 12.5 Å². The van der Waals surface area contributed by atoms with Crippen molar-refractivity contribution in [1.82, 2.24) is 5.32 Å². The van der Waals surface area contributed by atoms with Crippen LogP contribution in [0.4, 0.5) is 5.69 Å². The van der Waals surface area contributed by atoms with E-state index in [0.717, 1.165) is 5.56 Å². The molecule has 1 amide bonds. The van der Waals surface area contributed by atoms with Crippen LogP contribution in [0.25, 0.3) is 0 Å². The molecule has 1 rings (SSSR count). The monoisotopic (exact) mass is 202 g/mol. The molecule has 0 aliphatic carbocycles. The molecule has 3 nitrogen and oxygen atoms in total. The zero-order valence-corrected chi connectivity index (χ0v) is 8.66. The SMILES string of the molecule is C#CC(C)NC(=O)Cc1ccc(N)cc1. The van der Waals surface area contributed by atoms with Gasteiger partial charge < -0.3 is 11.1 Å². The maximum Gasteiger partial charge on any atom is 0.225 e. The fourth-order valence-corrected chi connectivity index (χ4v) is 1.16. The van der Waals surface area contributed by atoms with Crippen LogP contribution in [-0.2, 0) is 11.2 Å². The van der Waals surface area contributed by atoms with Crippen molar-refractivity contribution in [3.05, 3.63) is 29.8 Å². The standard InChI is InChI=1S/C12H14N2O/c1-3-9(2)14-12(15)8-10-4-6-11(13)7-5-10/h1,4-7,9H,8,13H2,2H3,(H,14,15). The summed E-state index contributed by atoms with van der Waals surface area (Å²) in [6.45, 7) is 1.76. The molecule has 0 saturated heterocycles. The Morgan fingerprint density at radius 3 is 2.67 bits per heavy atom. The van der Waals surface area contributed by atoms with Gasteiger partial charge in [0.15, 0.2) is 0 Å². The summed E-state index contributed by atoms with van der Waals surface area (Å²) in [5.74, 6) is 2.36. The first kappa shape index (κ1) is 11.1. The highest BCUT2D eigenvalue weighted by Gasteiger charge is 2.05. The van der Waals surface area contributed by atoms with Crippen molar-refractivity contribution < 1.29 is 4.79 Å². The number of carbonyl (C=O) groups is 1. The van der Waals surface area contributed by atoms with Crippen LogP contribution >= 0.6 is 0 Å². The van der Waals surface area contributed by atoms with Crippen LogP contribution < -0.4 is 11.1 Å². The fourth-order valence-electron chi connectivity index (χ4n) is 1.16. The Balaban J connectivity index is 2.52. The van der Waals surface area contributed by atoms with Gasteiger partial charge in [-0.05, 0) is 24.6 Å². The van der Waals surface area contributed by atoms with Crippen LogP contribution in [0.15, 0.2) is 24.3 Å². The van der Waals surface area contributed by atoms with Gasteiger partial charge >= 0.3 is 0 Å². The molecule has 0 aliphatic heterocycles. The van der Waals surface area contributed by atoms with Gasteiger partial charge in [-0.3, -0.25) is 4.79 Å². The summed E-state index contributed by atoms with van der Waals surface area (Å²) >= 11 is 0. The van der Waals surface area contributed by atoms with Crippen LogP contribution in [0.5, 0.6) is 0 Å². The van der Waals surface area contributed by atoms with Gasteiger partial charge in [0.05, 0.1) is 12.5 Å². The molecule has 0 aliphatic rings. The summed E-state index contributed by atoms with van der Waals surface area (Å²) in [6.07, 6.45) is 5.48. The van der Waals surface area contributed by atoms with Gasteiger partial charge in [0, 0.05) is 5.69 Å². The summed E-state index contributed by atoms with van der Waals surface area (Å²) in [6, 6.07) is 6.97. The largest absolute Gasteiger partial charge is 0.399 e. The molecule has 78 valence electrons. The van der Waals surface area contributed by atoms with Gasteiger partial charge in [0.2, 0.25) is 5.91 Å². The van der Waals surface area contributed by atoms with Crippen LogP contribution in [0, 0.1) is 12.3 Å². The molecule has 1 aromatic rings. The van der Waals surface area contributed by atoms with E-state index in [9.17, 15) is 4.79 Å². The van der Waals surface area contributed by atoms with Crippen molar-refractivity contribution in [2.75, 3.05) is 5.73 Å². The highest BCUT2D eigenvalue weighted by atomic mass is 16.1. The number of hydrogen-bond donors (Lipinski definition) is 2. The lowest BCUT2D eigenvalue weighted by Gasteiger charge is -2.07. The summed E-state index contributed by atoms with van der Waals surface area (Å²) in [5.41, 5.74) is 7.15. The first-order valence-electron chi connectivity index (χ1n) is 4.71. The molecule has 1 aromatic carbocycles. The van der Waals surface area contributed by atoms with E-state index in [2.05, 4.69) is 11.2 Å². The van der Waals surface area contributed by atoms with Gasteiger partial charge in [-0.15, -0.1) is 6.42 Å². The molecular weight excluding hydrogens is 188 g/mol. The number of terminal acetylenes is 1. The second-order valence-corrected chi connectivity index (χ2v) is 3.37. The Kier molecular flexibility index (Phi) is 3.75. The summed E-state index contributed by atoms with van der Waals surface area (Å²) in [4.78, 5) is 11.4. The first-order valence-corrected chi connectivity index (χ1v) is 4.71. The minimum absolute atomic E-state index is 0.0785. The third-order valence-corrected chi connectivity index (χ3v) is 1.97. The Morgan fingerprint density at radius 2 is 2.13 bits per heavy atom. The Bertz CT molecular complexity index is 376. The van der Waals surface area contributed by atoms with Gasteiger partial charge in [-0.1, -0.05) is 18.1 Å². The minimum atomic E-state index is -0.230. The van der Waals surface area contributed by atoms with Crippen molar-refractivity contribution in [3.63, 3.8) is 0 Å². The predicted molar refractivity (Wildman–Crippen MR) is 61.0 cm³/mol. The molecule has 0 aromatic heterocycles. The second kappa shape index (κ2) is 5.06. The van der Waals surface area contributed by atoms with Gasteiger partial charge in [0.1, 0.15) is 0 Å². The van der Waals surface area contributed by atoms with Gasteiger partial charge in [0.25, 0.3) is 0 Å². The molecule has 1 unspecified atom stereocenters. The number of hydrogen-bond acceptors (Lipinski definition) is 2.